The van der Waals surface area contributed by atoms with Gasteiger partial charge in [0.25, 0.3) is 0 Å². The van der Waals surface area contributed by atoms with Crippen molar-refractivity contribution < 1.29 is 15.4 Å². The molecule has 2 heterocycles. The highest BCUT2D eigenvalue weighted by atomic mass is 16.4. The number of rotatable bonds is 0. The molecule has 6 aliphatic rings. The summed E-state index contributed by atoms with van der Waals surface area (Å²) in [6, 6.07) is 0.343. The molecule has 32 heavy (non-hydrogen) atoms. The van der Waals surface area contributed by atoms with Crippen molar-refractivity contribution in [2.24, 2.45) is 57.9 Å². The van der Waals surface area contributed by atoms with Crippen molar-refractivity contribution in [2.75, 3.05) is 13.1 Å². The molecular weight excluding hydrogens is 400 g/mol. The molecule has 0 amide bonds. The van der Waals surface area contributed by atoms with Crippen LogP contribution in [0.25, 0.3) is 0 Å². The van der Waals surface area contributed by atoms with Crippen LogP contribution in [0.5, 0.6) is 0 Å². The summed E-state index contributed by atoms with van der Waals surface area (Å²) in [6.07, 6.45) is 9.45. The molecule has 2 aliphatic heterocycles. The number of nitrogens with zero attached hydrogens (tertiary/aromatic N) is 2. The molecular formula is C27H44N2O3. The lowest BCUT2D eigenvalue weighted by molar-refractivity contribution is -0.175. The molecule has 6 fully saturated rings. The average molecular weight is 445 g/mol. The van der Waals surface area contributed by atoms with Crippen LogP contribution >= 0.6 is 0 Å². The normalized spacial score (nSPS) is 59.0. The molecule has 0 spiro atoms. The highest BCUT2D eigenvalue weighted by molar-refractivity contribution is 5.88. The zero-order valence-corrected chi connectivity index (χ0v) is 20.3. The molecule has 5 nitrogen and oxygen atoms in total. The summed E-state index contributed by atoms with van der Waals surface area (Å²) < 4.78 is 0. The minimum atomic E-state index is -0.569. The van der Waals surface area contributed by atoms with Gasteiger partial charge >= 0.3 is 0 Å². The lowest BCUT2D eigenvalue weighted by Crippen LogP contribution is -2.67. The monoisotopic (exact) mass is 444 g/mol. The molecule has 6 unspecified atom stereocenters. The Bertz CT molecular complexity index is 783. The summed E-state index contributed by atoms with van der Waals surface area (Å²) in [6.45, 7) is 9.30. The molecule has 4 aliphatic carbocycles. The van der Waals surface area contributed by atoms with Crippen molar-refractivity contribution in [3.63, 3.8) is 0 Å². The molecule has 5 heteroatoms. The van der Waals surface area contributed by atoms with Crippen LogP contribution < -0.4 is 0 Å². The first-order chi connectivity index (χ1) is 15.2. The van der Waals surface area contributed by atoms with Crippen molar-refractivity contribution >= 4 is 5.71 Å². The zero-order valence-electron chi connectivity index (χ0n) is 20.3. The fraction of sp³-hybridized carbons (Fsp3) is 0.963. The van der Waals surface area contributed by atoms with Crippen LogP contribution in [-0.4, -0.2) is 56.9 Å². The van der Waals surface area contributed by atoms with Gasteiger partial charge in [0.2, 0.25) is 0 Å². The maximum absolute atomic E-state index is 11.9. The standard InChI is InChI=1S/C27H44N2O3/c1-15-4-7-25-27(3,31)21-6-5-17-18(20(21)14-29(25)13-15)11-22-19(17)12-24(28-32)23-10-16(30)8-9-26(22,23)2/h15-23,25,30-32H,4-14H2,1-3H3/b28-24+/t15?,16?,17-,18-,19?,20?,21?,22+,23-,25+,26?,27+/m1/s1. The quantitative estimate of drug-likeness (QED) is 0.388. The number of fused-ring (bicyclic) bond motifs is 8. The molecule has 0 aromatic heterocycles. The third kappa shape index (κ3) is 2.95. The van der Waals surface area contributed by atoms with Crippen LogP contribution in [0.2, 0.25) is 0 Å². The van der Waals surface area contributed by atoms with Crippen LogP contribution in [-0.2, 0) is 0 Å². The second-order valence-electron chi connectivity index (χ2n) is 13.3. The fourth-order valence-electron chi connectivity index (χ4n) is 10.5. The van der Waals surface area contributed by atoms with E-state index in [0.29, 0.717) is 41.5 Å². The summed E-state index contributed by atoms with van der Waals surface area (Å²) in [5, 5.41) is 36.0. The van der Waals surface area contributed by atoms with E-state index in [1.165, 1.54) is 25.8 Å². The van der Waals surface area contributed by atoms with Crippen LogP contribution in [0.4, 0.5) is 0 Å². The number of piperidine rings is 2. The van der Waals surface area contributed by atoms with Crippen molar-refractivity contribution in [3.8, 4) is 0 Å². The lowest BCUT2D eigenvalue weighted by Gasteiger charge is -2.59. The minimum Gasteiger partial charge on any atom is -0.411 e. The smallest absolute Gasteiger partial charge is 0.0805 e. The number of aliphatic hydroxyl groups excluding tert-OH is 1. The lowest BCUT2D eigenvalue weighted by atomic mass is 9.51. The van der Waals surface area contributed by atoms with Gasteiger partial charge in [-0.25, -0.2) is 0 Å². The molecule has 12 atom stereocenters. The molecule has 3 N–H and O–H groups in total. The highest BCUT2D eigenvalue weighted by Gasteiger charge is 2.64. The number of aliphatic hydroxyl groups is 2. The van der Waals surface area contributed by atoms with Gasteiger partial charge in [0.05, 0.1) is 17.4 Å². The molecule has 4 saturated carbocycles. The largest absolute Gasteiger partial charge is 0.411 e. The first-order valence-corrected chi connectivity index (χ1v) is 13.6. The molecule has 0 radical (unpaired) electrons. The molecule has 6 rings (SSSR count). The van der Waals surface area contributed by atoms with Gasteiger partial charge in [-0.05, 0) is 112 Å². The maximum Gasteiger partial charge on any atom is 0.0805 e. The second kappa shape index (κ2) is 7.42. The summed E-state index contributed by atoms with van der Waals surface area (Å²) in [5.74, 6) is 4.68. The molecule has 180 valence electrons. The van der Waals surface area contributed by atoms with Crippen molar-refractivity contribution in [2.45, 2.75) is 96.3 Å². The average Bonchev–Trinajstić information content (AvgIpc) is 3.14. The van der Waals surface area contributed by atoms with Crippen molar-refractivity contribution in [3.05, 3.63) is 0 Å². The number of hydrogen-bond acceptors (Lipinski definition) is 5. The second-order valence-corrected chi connectivity index (χ2v) is 13.3. The van der Waals surface area contributed by atoms with Crippen LogP contribution in [0.1, 0.15) is 78.6 Å². The molecule has 0 bridgehead atoms. The third-order valence-electron chi connectivity index (χ3n) is 12.0. The number of hydrogen-bond donors (Lipinski definition) is 3. The maximum atomic E-state index is 11.9. The topological polar surface area (TPSA) is 76.3 Å². The van der Waals surface area contributed by atoms with E-state index in [-0.39, 0.29) is 17.4 Å². The van der Waals surface area contributed by atoms with Gasteiger partial charge in [0.15, 0.2) is 0 Å². The Morgan fingerprint density at radius 1 is 0.906 bits per heavy atom. The Balaban J connectivity index is 1.32. The first-order valence-electron chi connectivity index (χ1n) is 13.6. The van der Waals surface area contributed by atoms with Gasteiger partial charge in [-0.3, -0.25) is 4.90 Å². The van der Waals surface area contributed by atoms with Crippen molar-refractivity contribution in [1.29, 1.82) is 0 Å². The van der Waals surface area contributed by atoms with Crippen molar-refractivity contribution in [1.82, 2.24) is 4.90 Å². The van der Waals surface area contributed by atoms with Gasteiger partial charge in [0.1, 0.15) is 0 Å². The Morgan fingerprint density at radius 2 is 1.72 bits per heavy atom. The zero-order chi connectivity index (χ0) is 22.4. The van der Waals surface area contributed by atoms with E-state index < -0.39 is 5.60 Å². The Hall–Kier alpha value is -0.650. The Labute approximate surface area is 193 Å². The Morgan fingerprint density at radius 3 is 2.50 bits per heavy atom. The van der Waals surface area contributed by atoms with E-state index in [0.717, 1.165) is 56.7 Å². The Kier molecular flexibility index (Phi) is 5.07. The van der Waals surface area contributed by atoms with Gasteiger partial charge in [-0.2, -0.15) is 0 Å². The molecule has 2 saturated heterocycles. The van der Waals surface area contributed by atoms with Crippen LogP contribution in [0.15, 0.2) is 5.16 Å². The van der Waals surface area contributed by atoms with Gasteiger partial charge in [0, 0.05) is 25.0 Å². The van der Waals surface area contributed by atoms with E-state index in [2.05, 4.69) is 30.8 Å². The van der Waals surface area contributed by atoms with Gasteiger partial charge in [-0.1, -0.05) is 19.0 Å². The summed E-state index contributed by atoms with van der Waals surface area (Å²) in [4.78, 5) is 2.67. The van der Waals surface area contributed by atoms with E-state index in [1.807, 2.05) is 0 Å². The highest BCUT2D eigenvalue weighted by Crippen LogP contribution is 2.66. The SMILES string of the molecule is CC1CC[C@@H]2N(C1)CC1C(CC[C@H]3C4C/C(=N\O)[C@H]5CC(O)CCC5(C)[C@H]4C[C@@H]13)[C@]2(C)O. The molecule has 0 aromatic rings. The van der Waals surface area contributed by atoms with Gasteiger partial charge in [-0.15, -0.1) is 0 Å². The predicted molar refractivity (Wildman–Crippen MR) is 124 cm³/mol. The first kappa shape index (κ1) is 21.9. The van der Waals surface area contributed by atoms with E-state index in [9.17, 15) is 15.4 Å². The summed E-state index contributed by atoms with van der Waals surface area (Å²) in [5.41, 5.74) is 0.549. The van der Waals surface area contributed by atoms with Crippen LogP contribution in [0, 0.1) is 52.8 Å². The minimum absolute atomic E-state index is 0.149. The fourth-order valence-corrected chi connectivity index (χ4v) is 10.5. The summed E-state index contributed by atoms with van der Waals surface area (Å²) >= 11 is 0. The van der Waals surface area contributed by atoms with Gasteiger partial charge < -0.3 is 15.4 Å². The van der Waals surface area contributed by atoms with E-state index in [4.69, 9.17) is 0 Å². The predicted octanol–water partition coefficient (Wildman–Crippen LogP) is 4.15. The van der Waals surface area contributed by atoms with E-state index >= 15 is 0 Å². The van der Waals surface area contributed by atoms with E-state index in [1.54, 1.807) is 0 Å². The molecule has 0 aromatic carbocycles. The third-order valence-corrected chi connectivity index (χ3v) is 12.0. The van der Waals surface area contributed by atoms with Crippen LogP contribution in [0.3, 0.4) is 0 Å². The number of oxime groups is 1. The summed E-state index contributed by atoms with van der Waals surface area (Å²) in [7, 11) is 0.